The Morgan fingerprint density at radius 3 is 1.77 bits per heavy atom. The normalized spacial score (nSPS) is 7.23. The van der Waals surface area contributed by atoms with Crippen molar-refractivity contribution < 1.29 is 9.84 Å². The Bertz CT molecular complexity index is 185. The third-order valence-corrected chi connectivity index (χ3v) is 1.37. The van der Waals surface area contributed by atoms with Crippen LogP contribution >= 0.6 is 12.6 Å². The molecule has 0 spiro atoms. The van der Waals surface area contributed by atoms with Crippen molar-refractivity contribution in [3.63, 3.8) is 0 Å². The van der Waals surface area contributed by atoms with Gasteiger partial charge >= 0.3 is 0 Å². The molecule has 0 fully saturated rings. The summed E-state index contributed by atoms with van der Waals surface area (Å²) in [6.07, 6.45) is 0. The van der Waals surface area contributed by atoms with Crippen molar-refractivity contribution in [2.45, 2.75) is 18.7 Å². The van der Waals surface area contributed by atoms with Crippen molar-refractivity contribution in [1.29, 1.82) is 0 Å². The van der Waals surface area contributed by atoms with Crippen LogP contribution in [0.4, 0.5) is 0 Å². The quantitative estimate of drug-likeness (QED) is 0.686. The molecule has 2 nitrogen and oxygen atoms in total. The third kappa shape index (κ3) is 7.68. The van der Waals surface area contributed by atoms with E-state index in [4.69, 9.17) is 9.84 Å². The van der Waals surface area contributed by atoms with Crippen LogP contribution in [0.2, 0.25) is 0 Å². The number of ether oxygens (including phenoxy) is 1. The Balaban J connectivity index is 0. The van der Waals surface area contributed by atoms with Gasteiger partial charge in [0.1, 0.15) is 5.75 Å². The molecule has 0 saturated carbocycles. The van der Waals surface area contributed by atoms with Crippen molar-refractivity contribution in [2.24, 2.45) is 0 Å². The minimum atomic E-state index is 0.868. The number of rotatable bonds is 1. The molecule has 1 N–H and O–H groups in total. The Morgan fingerprint density at radius 2 is 1.46 bits per heavy atom. The third-order valence-electron chi connectivity index (χ3n) is 1.07. The van der Waals surface area contributed by atoms with Crippen molar-refractivity contribution in [3.05, 3.63) is 24.3 Å². The number of hydrogen-bond acceptors (Lipinski definition) is 3. The van der Waals surface area contributed by atoms with Gasteiger partial charge in [-0.2, -0.15) is 0 Å². The number of benzene rings is 1. The zero-order chi connectivity index (χ0) is 10.7. The second-order valence-corrected chi connectivity index (χ2v) is 2.21. The lowest BCUT2D eigenvalue weighted by atomic mass is 10.3. The van der Waals surface area contributed by atoms with E-state index in [1.165, 1.54) is 0 Å². The van der Waals surface area contributed by atoms with Crippen LogP contribution in [0, 0.1) is 0 Å². The van der Waals surface area contributed by atoms with Gasteiger partial charge in [0.15, 0.2) is 0 Å². The van der Waals surface area contributed by atoms with Crippen molar-refractivity contribution >= 4 is 12.6 Å². The molecular formula is C10H18O2S. The Kier molecular flexibility index (Phi) is 12.9. The number of methoxy groups -OCH3 is 1. The van der Waals surface area contributed by atoms with Crippen molar-refractivity contribution in [2.75, 3.05) is 14.2 Å². The van der Waals surface area contributed by atoms with Gasteiger partial charge in [0, 0.05) is 12.0 Å². The largest absolute Gasteiger partial charge is 0.497 e. The molecule has 3 heteroatoms. The monoisotopic (exact) mass is 202 g/mol. The molecule has 0 atom stereocenters. The van der Waals surface area contributed by atoms with Crippen molar-refractivity contribution in [3.8, 4) is 5.75 Å². The fraction of sp³-hybridized carbons (Fsp3) is 0.400. The second-order valence-electron chi connectivity index (χ2n) is 1.70. The van der Waals surface area contributed by atoms with Gasteiger partial charge in [-0.05, 0) is 24.3 Å². The molecule has 0 unspecified atom stereocenters. The van der Waals surface area contributed by atoms with Crippen LogP contribution in [0.3, 0.4) is 0 Å². The number of aliphatic hydroxyl groups excluding tert-OH is 1. The molecule has 0 aromatic heterocycles. The first-order valence-corrected chi connectivity index (χ1v) is 4.55. The van der Waals surface area contributed by atoms with Crippen molar-refractivity contribution in [1.82, 2.24) is 0 Å². The van der Waals surface area contributed by atoms with Gasteiger partial charge in [0.2, 0.25) is 0 Å². The van der Waals surface area contributed by atoms with E-state index >= 15 is 0 Å². The second kappa shape index (κ2) is 11.3. The predicted molar refractivity (Wildman–Crippen MR) is 59.7 cm³/mol. The highest BCUT2D eigenvalue weighted by atomic mass is 32.1. The summed E-state index contributed by atoms with van der Waals surface area (Å²) in [5.74, 6) is 0.868. The molecule has 0 amide bonds. The highest BCUT2D eigenvalue weighted by molar-refractivity contribution is 7.80. The molecule has 0 radical (unpaired) electrons. The topological polar surface area (TPSA) is 29.5 Å². The highest BCUT2D eigenvalue weighted by Gasteiger charge is 1.86. The fourth-order valence-electron chi connectivity index (χ4n) is 0.582. The van der Waals surface area contributed by atoms with Crippen LogP contribution in [-0.2, 0) is 0 Å². The first-order chi connectivity index (χ1) is 6.33. The van der Waals surface area contributed by atoms with Gasteiger partial charge in [-0.25, -0.2) is 0 Å². The molecule has 1 aromatic rings. The van der Waals surface area contributed by atoms with Crippen LogP contribution in [-0.4, -0.2) is 19.3 Å². The maximum atomic E-state index is 7.00. The lowest BCUT2D eigenvalue weighted by Gasteiger charge is -1.96. The zero-order valence-electron chi connectivity index (χ0n) is 8.61. The van der Waals surface area contributed by atoms with E-state index in [2.05, 4.69) is 12.6 Å². The smallest absolute Gasteiger partial charge is 0.118 e. The van der Waals surface area contributed by atoms with E-state index in [9.17, 15) is 0 Å². The van der Waals surface area contributed by atoms with E-state index in [1.54, 1.807) is 7.11 Å². The number of thiol groups is 1. The zero-order valence-corrected chi connectivity index (χ0v) is 9.51. The number of aliphatic hydroxyl groups is 1. The summed E-state index contributed by atoms with van der Waals surface area (Å²) in [6.45, 7) is 4.00. The summed E-state index contributed by atoms with van der Waals surface area (Å²) in [6, 6.07) is 7.54. The van der Waals surface area contributed by atoms with Crippen LogP contribution in [0.15, 0.2) is 29.2 Å². The SMILES string of the molecule is CC.CO.COc1ccc(S)cc1. The summed E-state index contributed by atoms with van der Waals surface area (Å²) in [5.41, 5.74) is 0. The summed E-state index contributed by atoms with van der Waals surface area (Å²) in [4.78, 5) is 0.954. The van der Waals surface area contributed by atoms with E-state index < -0.39 is 0 Å². The molecule has 0 saturated heterocycles. The van der Waals surface area contributed by atoms with Gasteiger partial charge < -0.3 is 9.84 Å². The first kappa shape index (κ1) is 14.8. The summed E-state index contributed by atoms with van der Waals surface area (Å²) in [5, 5.41) is 7.00. The maximum Gasteiger partial charge on any atom is 0.118 e. The summed E-state index contributed by atoms with van der Waals surface area (Å²) in [7, 11) is 2.65. The molecule has 0 aliphatic carbocycles. The average Bonchev–Trinajstić information content (AvgIpc) is 2.25. The lowest BCUT2D eigenvalue weighted by molar-refractivity contribution is 0.399. The van der Waals surface area contributed by atoms with Crippen LogP contribution in [0.25, 0.3) is 0 Å². The molecule has 0 aliphatic rings. The molecule has 0 aliphatic heterocycles. The Labute approximate surface area is 86.0 Å². The van der Waals surface area contributed by atoms with E-state index in [0.29, 0.717) is 0 Å². The van der Waals surface area contributed by atoms with Gasteiger partial charge in [0.25, 0.3) is 0 Å². The van der Waals surface area contributed by atoms with Gasteiger partial charge in [0.05, 0.1) is 7.11 Å². The minimum Gasteiger partial charge on any atom is -0.497 e. The Hall–Kier alpha value is -0.670. The first-order valence-electron chi connectivity index (χ1n) is 4.10. The molecule has 76 valence electrons. The standard InChI is InChI=1S/C7H8OS.C2H6.CH4O/c1-8-6-2-4-7(9)5-3-6;2*1-2/h2-5,9H,1H3;1-2H3;2H,1H3. The van der Waals surface area contributed by atoms with Crippen LogP contribution in [0.5, 0.6) is 5.75 Å². The van der Waals surface area contributed by atoms with Crippen LogP contribution in [0.1, 0.15) is 13.8 Å². The average molecular weight is 202 g/mol. The van der Waals surface area contributed by atoms with Crippen LogP contribution < -0.4 is 4.74 Å². The highest BCUT2D eigenvalue weighted by Crippen LogP contribution is 2.12. The fourth-order valence-corrected chi connectivity index (χ4v) is 0.731. The Morgan fingerprint density at radius 1 is 1.08 bits per heavy atom. The maximum absolute atomic E-state index is 7.00. The minimum absolute atomic E-state index is 0.868. The number of hydrogen-bond donors (Lipinski definition) is 2. The molecule has 1 aromatic carbocycles. The predicted octanol–water partition coefficient (Wildman–Crippen LogP) is 2.62. The summed E-state index contributed by atoms with van der Waals surface area (Å²) >= 11 is 4.11. The molecule has 0 bridgehead atoms. The van der Waals surface area contributed by atoms with E-state index in [0.717, 1.165) is 17.8 Å². The lowest BCUT2D eigenvalue weighted by Crippen LogP contribution is -1.79. The van der Waals surface area contributed by atoms with E-state index in [1.807, 2.05) is 38.1 Å². The van der Waals surface area contributed by atoms with Gasteiger partial charge in [-0.15, -0.1) is 12.6 Å². The summed E-state index contributed by atoms with van der Waals surface area (Å²) < 4.78 is 4.94. The van der Waals surface area contributed by atoms with E-state index in [-0.39, 0.29) is 0 Å². The van der Waals surface area contributed by atoms with Gasteiger partial charge in [-0.1, -0.05) is 13.8 Å². The molecular weight excluding hydrogens is 184 g/mol. The molecule has 1 rings (SSSR count). The molecule has 0 heterocycles. The molecule has 13 heavy (non-hydrogen) atoms. The van der Waals surface area contributed by atoms with Gasteiger partial charge in [-0.3, -0.25) is 0 Å².